The van der Waals surface area contributed by atoms with E-state index >= 15 is 0 Å². The van der Waals surface area contributed by atoms with Crippen LogP contribution in [-0.4, -0.2) is 24.6 Å². The maximum atomic E-state index is 11.7. The number of carbonyl (C=O) groups is 1. The first-order valence-electron chi connectivity index (χ1n) is 5.49. The lowest BCUT2D eigenvalue weighted by atomic mass is 10.1. The van der Waals surface area contributed by atoms with Crippen LogP contribution in [0.3, 0.4) is 0 Å². The van der Waals surface area contributed by atoms with E-state index in [0.29, 0.717) is 16.5 Å². The molecule has 1 aromatic carbocycles. The fourth-order valence-corrected chi connectivity index (χ4v) is 2.84. The summed E-state index contributed by atoms with van der Waals surface area (Å²) < 4.78 is 24.0. The SMILES string of the molecule is Cn1cc(C(=O)CCl)c2cc(CS(N)(=O)=O)ccc21. The molecule has 0 atom stereocenters. The molecular weight excluding hydrogens is 288 g/mol. The van der Waals surface area contributed by atoms with E-state index in [1.165, 1.54) is 0 Å². The summed E-state index contributed by atoms with van der Waals surface area (Å²) in [6.07, 6.45) is 1.69. The highest BCUT2D eigenvalue weighted by Gasteiger charge is 2.14. The standard InChI is InChI=1S/C12H13ClN2O3S/c1-15-6-10(12(16)5-13)9-4-8(2-3-11(9)15)7-19(14,17)18/h2-4,6H,5,7H2,1H3,(H2,14,17,18). The average molecular weight is 301 g/mol. The van der Waals surface area contributed by atoms with Gasteiger partial charge >= 0.3 is 0 Å². The Bertz CT molecular complexity index is 750. The molecule has 0 aliphatic heterocycles. The number of alkyl halides is 1. The maximum Gasteiger partial charge on any atom is 0.213 e. The van der Waals surface area contributed by atoms with Gasteiger partial charge in [0.1, 0.15) is 0 Å². The third-order valence-electron chi connectivity index (χ3n) is 2.84. The van der Waals surface area contributed by atoms with Crippen LogP contribution in [0.4, 0.5) is 0 Å². The lowest BCUT2D eigenvalue weighted by Gasteiger charge is -2.02. The third kappa shape index (κ3) is 2.97. The van der Waals surface area contributed by atoms with Crippen molar-refractivity contribution < 1.29 is 13.2 Å². The molecule has 0 radical (unpaired) electrons. The molecule has 102 valence electrons. The van der Waals surface area contributed by atoms with E-state index in [-0.39, 0.29) is 17.4 Å². The Balaban J connectivity index is 2.60. The number of fused-ring (bicyclic) bond motifs is 1. The van der Waals surface area contributed by atoms with E-state index < -0.39 is 10.0 Å². The molecule has 0 saturated carbocycles. The number of hydrogen-bond donors (Lipinski definition) is 1. The van der Waals surface area contributed by atoms with Gasteiger partial charge in [0.2, 0.25) is 10.0 Å². The van der Waals surface area contributed by atoms with Gasteiger partial charge < -0.3 is 4.57 Å². The number of aromatic nitrogens is 1. The first kappa shape index (κ1) is 14.0. The van der Waals surface area contributed by atoms with Gasteiger partial charge in [0.05, 0.1) is 11.6 Å². The van der Waals surface area contributed by atoms with Crippen molar-refractivity contribution in [3.05, 3.63) is 35.5 Å². The minimum atomic E-state index is -3.60. The highest BCUT2D eigenvalue weighted by molar-refractivity contribution is 7.88. The molecule has 0 amide bonds. The van der Waals surface area contributed by atoms with E-state index in [2.05, 4.69) is 0 Å². The number of rotatable bonds is 4. The van der Waals surface area contributed by atoms with Crippen LogP contribution < -0.4 is 5.14 Å². The van der Waals surface area contributed by atoms with Crippen LogP contribution in [0.15, 0.2) is 24.4 Å². The molecule has 1 heterocycles. The van der Waals surface area contributed by atoms with Gasteiger partial charge in [-0.15, -0.1) is 11.6 Å². The van der Waals surface area contributed by atoms with Crippen LogP contribution in [0, 0.1) is 0 Å². The molecule has 2 aromatic rings. The number of ketones is 1. The molecule has 0 aliphatic rings. The second kappa shape index (κ2) is 4.96. The fraction of sp³-hybridized carbons (Fsp3) is 0.250. The van der Waals surface area contributed by atoms with Gasteiger partial charge in [-0.2, -0.15) is 0 Å². The number of primary sulfonamides is 1. The van der Waals surface area contributed by atoms with Crippen LogP contribution in [0.2, 0.25) is 0 Å². The number of nitrogens with zero attached hydrogens (tertiary/aromatic N) is 1. The minimum Gasteiger partial charge on any atom is -0.350 e. The van der Waals surface area contributed by atoms with Gasteiger partial charge in [0.15, 0.2) is 5.78 Å². The predicted octanol–water partition coefficient (Wildman–Crippen LogP) is 1.39. The Morgan fingerprint density at radius 2 is 2.11 bits per heavy atom. The van der Waals surface area contributed by atoms with Crippen molar-refractivity contribution in [2.24, 2.45) is 12.2 Å². The second-order valence-corrected chi connectivity index (χ2v) is 6.25. The number of benzene rings is 1. The van der Waals surface area contributed by atoms with Crippen LogP contribution in [0.1, 0.15) is 15.9 Å². The van der Waals surface area contributed by atoms with Crippen molar-refractivity contribution in [2.45, 2.75) is 5.75 Å². The lowest BCUT2D eigenvalue weighted by molar-refractivity contribution is 0.102. The van der Waals surface area contributed by atoms with Gasteiger partial charge in [-0.3, -0.25) is 4.79 Å². The van der Waals surface area contributed by atoms with E-state index in [1.807, 2.05) is 7.05 Å². The summed E-state index contributed by atoms with van der Waals surface area (Å²) in [6.45, 7) is 0. The molecular formula is C12H13ClN2O3S. The van der Waals surface area contributed by atoms with Crippen LogP contribution >= 0.6 is 11.6 Å². The number of sulfonamides is 1. The highest BCUT2D eigenvalue weighted by Crippen LogP contribution is 2.23. The van der Waals surface area contributed by atoms with E-state index in [4.69, 9.17) is 16.7 Å². The molecule has 0 saturated heterocycles. The molecule has 7 heteroatoms. The Kier molecular flexibility index (Phi) is 3.66. The van der Waals surface area contributed by atoms with Crippen LogP contribution in [0.5, 0.6) is 0 Å². The molecule has 0 bridgehead atoms. The van der Waals surface area contributed by atoms with Crippen molar-refractivity contribution in [2.75, 3.05) is 5.88 Å². The Morgan fingerprint density at radius 3 is 2.68 bits per heavy atom. The molecule has 19 heavy (non-hydrogen) atoms. The van der Waals surface area contributed by atoms with Crippen molar-refractivity contribution in [3.8, 4) is 0 Å². The average Bonchev–Trinajstić information content (AvgIpc) is 2.63. The number of carbonyl (C=O) groups excluding carboxylic acids is 1. The zero-order chi connectivity index (χ0) is 14.2. The van der Waals surface area contributed by atoms with Gasteiger partial charge in [-0.05, 0) is 17.7 Å². The van der Waals surface area contributed by atoms with Crippen molar-refractivity contribution >= 4 is 38.3 Å². The summed E-state index contributed by atoms with van der Waals surface area (Å²) in [5, 5.41) is 5.71. The molecule has 0 spiro atoms. The molecule has 0 unspecified atom stereocenters. The quantitative estimate of drug-likeness (QED) is 0.684. The second-order valence-electron chi connectivity index (χ2n) is 4.37. The van der Waals surface area contributed by atoms with Crippen LogP contribution in [-0.2, 0) is 22.8 Å². The first-order chi connectivity index (χ1) is 8.81. The van der Waals surface area contributed by atoms with Crippen molar-refractivity contribution in [1.82, 2.24) is 4.57 Å². The van der Waals surface area contributed by atoms with Gasteiger partial charge in [0.25, 0.3) is 0 Å². The number of halogens is 1. The Hall–Kier alpha value is -1.37. The smallest absolute Gasteiger partial charge is 0.213 e. The van der Waals surface area contributed by atoms with E-state index in [0.717, 1.165) is 5.52 Å². The number of hydrogen-bond acceptors (Lipinski definition) is 3. The maximum absolute atomic E-state index is 11.7. The molecule has 2 rings (SSSR count). The predicted molar refractivity (Wildman–Crippen MR) is 74.8 cm³/mol. The third-order valence-corrected chi connectivity index (χ3v) is 3.82. The monoisotopic (exact) mass is 300 g/mol. The lowest BCUT2D eigenvalue weighted by Crippen LogP contribution is -2.14. The van der Waals surface area contributed by atoms with Crippen molar-refractivity contribution in [3.63, 3.8) is 0 Å². The number of aryl methyl sites for hydroxylation is 1. The van der Waals surface area contributed by atoms with E-state index in [9.17, 15) is 13.2 Å². The fourth-order valence-electron chi connectivity index (χ4n) is 2.06. The topological polar surface area (TPSA) is 82.2 Å². The van der Waals surface area contributed by atoms with Gasteiger partial charge in [-0.25, -0.2) is 13.6 Å². The van der Waals surface area contributed by atoms with Crippen molar-refractivity contribution in [1.29, 1.82) is 0 Å². The summed E-state index contributed by atoms with van der Waals surface area (Å²) >= 11 is 5.57. The molecule has 1 aromatic heterocycles. The normalized spacial score (nSPS) is 11.9. The number of nitrogens with two attached hydrogens (primary N) is 1. The van der Waals surface area contributed by atoms with Gasteiger partial charge in [0, 0.05) is 29.7 Å². The van der Waals surface area contributed by atoms with E-state index in [1.54, 1.807) is 29.0 Å². The molecule has 5 nitrogen and oxygen atoms in total. The summed E-state index contributed by atoms with van der Waals surface area (Å²) in [7, 11) is -1.78. The molecule has 0 fully saturated rings. The van der Waals surface area contributed by atoms with Crippen LogP contribution in [0.25, 0.3) is 10.9 Å². The summed E-state index contributed by atoms with van der Waals surface area (Å²) in [6, 6.07) is 5.11. The Morgan fingerprint density at radius 1 is 1.42 bits per heavy atom. The minimum absolute atomic E-state index is 0.113. The largest absolute Gasteiger partial charge is 0.350 e. The number of Topliss-reactive ketones (excluding diaryl/α,β-unsaturated/α-hetero) is 1. The highest BCUT2D eigenvalue weighted by atomic mass is 35.5. The molecule has 0 aliphatic carbocycles. The van der Waals surface area contributed by atoms with Gasteiger partial charge in [-0.1, -0.05) is 6.07 Å². The first-order valence-corrected chi connectivity index (χ1v) is 7.74. The zero-order valence-corrected chi connectivity index (χ0v) is 11.8. The summed E-state index contributed by atoms with van der Waals surface area (Å²) in [4.78, 5) is 11.7. The summed E-state index contributed by atoms with van der Waals surface area (Å²) in [5.74, 6) is -0.565. The Labute approximate surface area is 116 Å². The molecule has 2 N–H and O–H groups in total. The summed E-state index contributed by atoms with van der Waals surface area (Å²) in [5.41, 5.74) is 1.88. The zero-order valence-electron chi connectivity index (χ0n) is 10.3.